The highest BCUT2D eigenvalue weighted by molar-refractivity contribution is 7.09. The highest BCUT2D eigenvalue weighted by Gasteiger charge is 2.15. The van der Waals surface area contributed by atoms with E-state index in [0.717, 1.165) is 25.5 Å². The molecule has 1 aromatic rings. The standard InChI is InChI=1S/C15H26N4O2S/c1-15(2,3)21-14(20)18-9-6-8-17-13(16-4)19-11-12-7-5-10-22-12/h5,7,10H,6,8-9,11H2,1-4H3,(H,18,20)(H2,16,17,19). The molecular weight excluding hydrogens is 300 g/mol. The summed E-state index contributed by atoms with van der Waals surface area (Å²) in [5, 5.41) is 11.2. The number of hydrogen-bond acceptors (Lipinski definition) is 4. The van der Waals surface area contributed by atoms with Gasteiger partial charge in [0.1, 0.15) is 5.60 Å². The summed E-state index contributed by atoms with van der Waals surface area (Å²) in [7, 11) is 1.74. The normalized spacial score (nSPS) is 11.9. The number of ether oxygens (including phenoxy) is 1. The number of amides is 1. The quantitative estimate of drug-likeness (QED) is 0.426. The fourth-order valence-electron chi connectivity index (χ4n) is 1.60. The van der Waals surface area contributed by atoms with E-state index >= 15 is 0 Å². The van der Waals surface area contributed by atoms with E-state index in [9.17, 15) is 4.79 Å². The van der Waals surface area contributed by atoms with Crippen molar-refractivity contribution in [1.82, 2.24) is 16.0 Å². The number of carbonyl (C=O) groups excluding carboxylic acids is 1. The minimum atomic E-state index is -0.462. The Morgan fingerprint density at radius 1 is 1.27 bits per heavy atom. The number of rotatable bonds is 6. The summed E-state index contributed by atoms with van der Waals surface area (Å²) in [4.78, 5) is 16.9. The van der Waals surface area contributed by atoms with E-state index < -0.39 is 5.60 Å². The molecule has 0 aliphatic carbocycles. The van der Waals surface area contributed by atoms with Gasteiger partial charge in [0.05, 0.1) is 6.54 Å². The average molecular weight is 326 g/mol. The Hall–Kier alpha value is -1.76. The third-order valence-corrected chi connectivity index (χ3v) is 3.42. The van der Waals surface area contributed by atoms with Gasteiger partial charge in [-0.05, 0) is 38.6 Å². The van der Waals surface area contributed by atoms with Crippen molar-refractivity contribution in [1.29, 1.82) is 0 Å². The second-order valence-electron chi connectivity index (χ2n) is 5.71. The maximum atomic E-state index is 11.5. The van der Waals surface area contributed by atoms with Crippen LogP contribution in [0.4, 0.5) is 4.79 Å². The van der Waals surface area contributed by atoms with Gasteiger partial charge in [0.15, 0.2) is 5.96 Å². The van der Waals surface area contributed by atoms with Crippen molar-refractivity contribution in [3.8, 4) is 0 Å². The SMILES string of the molecule is CN=C(NCCCNC(=O)OC(C)(C)C)NCc1cccs1. The molecule has 0 aliphatic heterocycles. The molecule has 1 amide bonds. The summed E-state index contributed by atoms with van der Waals surface area (Å²) in [5.74, 6) is 0.755. The molecule has 7 heteroatoms. The lowest BCUT2D eigenvalue weighted by Crippen LogP contribution is -2.38. The van der Waals surface area contributed by atoms with Crippen LogP contribution in [0.15, 0.2) is 22.5 Å². The molecule has 0 aliphatic rings. The predicted molar refractivity (Wildman–Crippen MR) is 91.4 cm³/mol. The highest BCUT2D eigenvalue weighted by Crippen LogP contribution is 2.07. The molecule has 0 saturated carbocycles. The molecule has 0 saturated heterocycles. The Kier molecular flexibility index (Phi) is 7.73. The van der Waals surface area contributed by atoms with Gasteiger partial charge in [-0.2, -0.15) is 0 Å². The number of carbonyl (C=O) groups is 1. The Bertz CT molecular complexity index is 466. The van der Waals surface area contributed by atoms with Gasteiger partial charge < -0.3 is 20.7 Å². The molecule has 0 aromatic carbocycles. The van der Waals surface area contributed by atoms with E-state index in [2.05, 4.69) is 32.4 Å². The van der Waals surface area contributed by atoms with Crippen LogP contribution in [0.1, 0.15) is 32.1 Å². The van der Waals surface area contributed by atoms with E-state index in [0.29, 0.717) is 6.54 Å². The predicted octanol–water partition coefficient (Wildman–Crippen LogP) is 2.33. The summed E-state index contributed by atoms with van der Waals surface area (Å²) < 4.78 is 5.16. The molecule has 0 atom stereocenters. The Morgan fingerprint density at radius 2 is 2.00 bits per heavy atom. The number of alkyl carbamates (subject to hydrolysis) is 1. The minimum absolute atomic E-state index is 0.382. The van der Waals surface area contributed by atoms with Gasteiger partial charge in [0.25, 0.3) is 0 Å². The number of nitrogens with one attached hydrogen (secondary N) is 3. The Morgan fingerprint density at radius 3 is 2.59 bits per heavy atom. The molecule has 0 spiro atoms. The number of guanidine groups is 1. The molecule has 3 N–H and O–H groups in total. The van der Waals surface area contributed by atoms with Crippen LogP contribution < -0.4 is 16.0 Å². The molecule has 22 heavy (non-hydrogen) atoms. The van der Waals surface area contributed by atoms with Crippen LogP contribution >= 0.6 is 11.3 Å². The lowest BCUT2D eigenvalue weighted by atomic mass is 10.2. The molecule has 6 nitrogen and oxygen atoms in total. The summed E-state index contributed by atoms with van der Waals surface area (Å²) >= 11 is 1.71. The largest absolute Gasteiger partial charge is 0.444 e. The van der Waals surface area contributed by atoms with Crippen LogP contribution in [0.5, 0.6) is 0 Å². The molecule has 1 rings (SSSR count). The zero-order valence-electron chi connectivity index (χ0n) is 13.7. The first-order valence-corrected chi connectivity index (χ1v) is 8.22. The van der Waals surface area contributed by atoms with Gasteiger partial charge in [-0.15, -0.1) is 11.3 Å². The first-order chi connectivity index (χ1) is 10.4. The van der Waals surface area contributed by atoms with Crippen LogP contribution in [0, 0.1) is 0 Å². The van der Waals surface area contributed by atoms with Crippen molar-refractivity contribution < 1.29 is 9.53 Å². The lowest BCUT2D eigenvalue weighted by Gasteiger charge is -2.19. The van der Waals surface area contributed by atoms with Crippen LogP contribution in [0.3, 0.4) is 0 Å². The highest BCUT2D eigenvalue weighted by atomic mass is 32.1. The van der Waals surface area contributed by atoms with Gasteiger partial charge in [0, 0.05) is 25.0 Å². The van der Waals surface area contributed by atoms with E-state index in [4.69, 9.17) is 4.74 Å². The zero-order chi connectivity index (χ0) is 16.4. The van der Waals surface area contributed by atoms with E-state index in [1.165, 1.54) is 4.88 Å². The van der Waals surface area contributed by atoms with Gasteiger partial charge in [-0.1, -0.05) is 6.07 Å². The van der Waals surface area contributed by atoms with Crippen molar-refractivity contribution in [3.05, 3.63) is 22.4 Å². The topological polar surface area (TPSA) is 74.8 Å². The first-order valence-electron chi connectivity index (χ1n) is 7.34. The van der Waals surface area contributed by atoms with Crippen LogP contribution in [-0.4, -0.2) is 37.8 Å². The summed E-state index contributed by atoms with van der Waals surface area (Å²) in [6, 6.07) is 4.11. The number of nitrogens with zero attached hydrogens (tertiary/aromatic N) is 1. The first kappa shape index (κ1) is 18.3. The Balaban J connectivity index is 2.11. The minimum Gasteiger partial charge on any atom is -0.444 e. The van der Waals surface area contributed by atoms with Gasteiger partial charge in [-0.3, -0.25) is 4.99 Å². The summed E-state index contributed by atoms with van der Waals surface area (Å²) in [6.07, 6.45) is 0.409. The van der Waals surface area contributed by atoms with Crippen LogP contribution in [0.2, 0.25) is 0 Å². The van der Waals surface area contributed by atoms with Crippen LogP contribution in [-0.2, 0) is 11.3 Å². The lowest BCUT2D eigenvalue weighted by molar-refractivity contribution is 0.0527. The van der Waals surface area contributed by atoms with E-state index in [1.807, 2.05) is 26.8 Å². The van der Waals surface area contributed by atoms with Gasteiger partial charge in [0.2, 0.25) is 0 Å². The molecule has 1 aromatic heterocycles. The fourth-order valence-corrected chi connectivity index (χ4v) is 2.25. The molecule has 0 unspecified atom stereocenters. The van der Waals surface area contributed by atoms with Crippen molar-refractivity contribution in [2.75, 3.05) is 20.1 Å². The smallest absolute Gasteiger partial charge is 0.407 e. The van der Waals surface area contributed by atoms with Crippen molar-refractivity contribution in [3.63, 3.8) is 0 Å². The molecule has 124 valence electrons. The zero-order valence-corrected chi connectivity index (χ0v) is 14.5. The van der Waals surface area contributed by atoms with Crippen LogP contribution in [0.25, 0.3) is 0 Å². The van der Waals surface area contributed by atoms with E-state index in [-0.39, 0.29) is 6.09 Å². The second-order valence-corrected chi connectivity index (χ2v) is 6.75. The number of thiophene rings is 1. The number of hydrogen-bond donors (Lipinski definition) is 3. The maximum Gasteiger partial charge on any atom is 0.407 e. The Labute approximate surface area is 136 Å². The number of aliphatic imine (C=N–C) groups is 1. The maximum absolute atomic E-state index is 11.5. The average Bonchev–Trinajstić information content (AvgIpc) is 2.93. The van der Waals surface area contributed by atoms with E-state index in [1.54, 1.807) is 18.4 Å². The molecule has 0 radical (unpaired) electrons. The summed E-state index contributed by atoms with van der Waals surface area (Å²) in [6.45, 7) is 7.57. The fraction of sp³-hybridized carbons (Fsp3) is 0.600. The summed E-state index contributed by atoms with van der Waals surface area (Å²) in [5.41, 5.74) is -0.462. The second kappa shape index (κ2) is 9.30. The molecular formula is C15H26N4O2S. The molecule has 0 bridgehead atoms. The van der Waals surface area contributed by atoms with Crippen molar-refractivity contribution >= 4 is 23.4 Å². The third-order valence-electron chi connectivity index (χ3n) is 2.55. The monoisotopic (exact) mass is 326 g/mol. The third kappa shape index (κ3) is 8.51. The molecule has 0 fully saturated rings. The molecule has 1 heterocycles. The van der Waals surface area contributed by atoms with Crippen molar-refractivity contribution in [2.24, 2.45) is 4.99 Å². The van der Waals surface area contributed by atoms with Gasteiger partial charge >= 0.3 is 6.09 Å². The van der Waals surface area contributed by atoms with Gasteiger partial charge in [-0.25, -0.2) is 4.79 Å². The van der Waals surface area contributed by atoms with Crippen molar-refractivity contribution in [2.45, 2.75) is 39.3 Å².